The summed E-state index contributed by atoms with van der Waals surface area (Å²) >= 11 is 0. The van der Waals surface area contributed by atoms with E-state index in [-0.39, 0.29) is 9.90 Å². The van der Waals surface area contributed by atoms with Crippen LogP contribution in [0.25, 0.3) is 0 Å². The predicted octanol–water partition coefficient (Wildman–Crippen LogP) is -0.175. The van der Waals surface area contributed by atoms with Crippen LogP contribution in [0.5, 0.6) is 0 Å². The van der Waals surface area contributed by atoms with Gasteiger partial charge in [0.2, 0.25) is 0 Å². The van der Waals surface area contributed by atoms with E-state index in [0.29, 0.717) is 0 Å². The molecule has 8 heteroatoms. The van der Waals surface area contributed by atoms with Gasteiger partial charge < -0.3 is 9.79 Å². The molecule has 0 radical (unpaired) electrons. The van der Waals surface area contributed by atoms with Crippen LogP contribution in [0.15, 0.2) is 0 Å². The zero-order chi connectivity index (χ0) is 5.86. The molecule has 8 heavy (non-hydrogen) atoms. The first-order valence-corrected chi connectivity index (χ1v) is 3.79. The molecule has 0 fully saturated rings. The van der Waals surface area contributed by atoms with E-state index >= 15 is 0 Å². The van der Waals surface area contributed by atoms with Gasteiger partial charge in [0.1, 0.15) is 0 Å². The van der Waals surface area contributed by atoms with Crippen molar-refractivity contribution in [3.05, 3.63) is 0 Å². The Labute approximate surface area is 50.6 Å². The molecule has 3 atom stereocenters. The highest BCUT2D eigenvalue weighted by molar-refractivity contribution is 7.46. The van der Waals surface area contributed by atoms with Gasteiger partial charge in [0.15, 0.2) is 0 Å². The Kier molecular flexibility index (Phi) is 8.52. The van der Waals surface area contributed by atoms with Crippen molar-refractivity contribution in [1.29, 1.82) is 0 Å². The van der Waals surface area contributed by atoms with Crippen molar-refractivity contribution >= 4 is 26.4 Å². The minimum absolute atomic E-state index is 0. The molecule has 0 aromatic rings. The number of hydrogen-bond acceptors (Lipinski definition) is 3. The molecule has 0 bridgehead atoms. The second-order valence-corrected chi connectivity index (χ2v) is 2.51. The van der Waals surface area contributed by atoms with Gasteiger partial charge in [0, 0.05) is 0 Å². The predicted molar refractivity (Wildman–Crippen MR) is 34.6 cm³/mol. The van der Waals surface area contributed by atoms with Gasteiger partial charge >= 0.3 is 16.5 Å². The molecule has 0 aliphatic rings. The summed E-state index contributed by atoms with van der Waals surface area (Å²) in [5, 5.41) is 0. The van der Waals surface area contributed by atoms with Crippen molar-refractivity contribution in [3.63, 3.8) is 0 Å². The monoisotopic (exact) mass is 180 g/mol. The zero-order valence-electron chi connectivity index (χ0n) is 3.83. The summed E-state index contributed by atoms with van der Waals surface area (Å²) in [5.41, 5.74) is 0. The van der Waals surface area contributed by atoms with Crippen molar-refractivity contribution in [3.8, 4) is 0 Å². The fourth-order valence-corrected chi connectivity index (χ4v) is 0.672. The third kappa shape index (κ3) is 9.91. The van der Waals surface area contributed by atoms with Crippen molar-refractivity contribution < 1.29 is 23.2 Å². The van der Waals surface area contributed by atoms with Crippen LogP contribution >= 0.6 is 26.4 Å². The SMILES string of the molecule is O=[PH](O)O[PH](=O)O.P. The third-order valence-electron chi connectivity index (χ3n) is 0.175. The van der Waals surface area contributed by atoms with Crippen LogP contribution in [0.3, 0.4) is 0 Å². The smallest absolute Gasteiger partial charge is 0.323 e. The summed E-state index contributed by atoms with van der Waals surface area (Å²) in [6, 6.07) is 0. The summed E-state index contributed by atoms with van der Waals surface area (Å²) in [6.07, 6.45) is 0. The highest BCUT2D eigenvalue weighted by Gasteiger charge is 1.93. The lowest BCUT2D eigenvalue weighted by atomic mass is 15.8. The van der Waals surface area contributed by atoms with Crippen molar-refractivity contribution in [2.75, 3.05) is 0 Å². The summed E-state index contributed by atoms with van der Waals surface area (Å²) < 4.78 is 22.3. The van der Waals surface area contributed by atoms with E-state index in [0.717, 1.165) is 0 Å². The summed E-state index contributed by atoms with van der Waals surface area (Å²) in [5.74, 6) is 0. The Morgan fingerprint density at radius 1 is 1.12 bits per heavy atom. The van der Waals surface area contributed by atoms with Crippen molar-refractivity contribution in [1.82, 2.24) is 0 Å². The molecule has 2 N–H and O–H groups in total. The highest BCUT2D eigenvalue weighted by atomic mass is 31.2. The lowest BCUT2D eigenvalue weighted by molar-refractivity contribution is 0.371. The van der Waals surface area contributed by atoms with Crippen LogP contribution in [-0.2, 0) is 13.4 Å². The fourth-order valence-electron chi connectivity index (χ4n) is 0.0747. The second kappa shape index (κ2) is 5.90. The van der Waals surface area contributed by atoms with Crippen LogP contribution in [0, 0.1) is 0 Å². The standard InChI is InChI=1S/H4O5P2.H3P/c1-6(2)5-7(3)4;/h6-7H,(H,1,2)(H,3,4);1H3. The topological polar surface area (TPSA) is 83.8 Å². The molecule has 0 rings (SSSR count). The maximum Gasteiger partial charge on any atom is 0.323 e. The Morgan fingerprint density at radius 3 is 1.38 bits per heavy atom. The van der Waals surface area contributed by atoms with E-state index in [1.54, 1.807) is 0 Å². The number of hydrogen-bond donors (Lipinski definition) is 2. The van der Waals surface area contributed by atoms with Crippen LogP contribution in [0.4, 0.5) is 0 Å². The molecule has 0 aromatic carbocycles. The average molecular weight is 180 g/mol. The summed E-state index contributed by atoms with van der Waals surface area (Å²) in [6.45, 7) is 0. The van der Waals surface area contributed by atoms with Gasteiger partial charge in [-0.05, 0) is 0 Å². The fraction of sp³-hybridized carbons (Fsp3) is 0. The lowest BCUT2D eigenvalue weighted by Crippen LogP contribution is -1.58. The summed E-state index contributed by atoms with van der Waals surface area (Å²) in [7, 11) is -6.40. The minimum Gasteiger partial charge on any atom is -0.326 e. The van der Waals surface area contributed by atoms with Crippen LogP contribution in [0.2, 0.25) is 0 Å². The molecule has 0 aliphatic carbocycles. The maximum absolute atomic E-state index is 9.44. The molecule has 0 spiro atoms. The normalized spacial score (nSPS) is 16.2. The van der Waals surface area contributed by atoms with Gasteiger partial charge in [-0.15, -0.1) is 0 Å². The van der Waals surface area contributed by atoms with Gasteiger partial charge in [-0.1, -0.05) is 0 Å². The second-order valence-electron chi connectivity index (χ2n) is 0.634. The molecule has 0 heterocycles. The molecule has 0 saturated heterocycles. The zero-order valence-corrected chi connectivity index (χ0v) is 7.24. The Morgan fingerprint density at radius 2 is 1.38 bits per heavy atom. The minimum atomic E-state index is -3.20. The molecular weight excluding hydrogens is 173 g/mol. The van der Waals surface area contributed by atoms with E-state index < -0.39 is 16.5 Å². The Bertz CT molecular complexity index is 83.8. The maximum atomic E-state index is 9.44. The number of rotatable bonds is 2. The first kappa shape index (κ1) is 11.6. The Balaban J connectivity index is 0. The van der Waals surface area contributed by atoms with E-state index in [1.165, 1.54) is 0 Å². The van der Waals surface area contributed by atoms with Gasteiger partial charge in [-0.2, -0.15) is 9.90 Å². The molecule has 0 saturated carbocycles. The first-order chi connectivity index (χ1) is 3.13. The van der Waals surface area contributed by atoms with Gasteiger partial charge in [-0.3, -0.25) is 9.13 Å². The Hall–Kier alpha value is 0.770. The molecular formula is H7O5P3. The van der Waals surface area contributed by atoms with Crippen LogP contribution in [-0.4, -0.2) is 9.79 Å². The van der Waals surface area contributed by atoms with E-state index in [1.807, 2.05) is 0 Å². The van der Waals surface area contributed by atoms with Crippen molar-refractivity contribution in [2.24, 2.45) is 0 Å². The van der Waals surface area contributed by atoms with Crippen LogP contribution < -0.4 is 0 Å². The molecule has 3 unspecified atom stereocenters. The first-order valence-electron chi connectivity index (χ1n) is 1.26. The van der Waals surface area contributed by atoms with E-state index in [9.17, 15) is 9.13 Å². The van der Waals surface area contributed by atoms with Crippen LogP contribution in [0.1, 0.15) is 0 Å². The highest BCUT2D eigenvalue weighted by Crippen LogP contribution is 2.30. The molecule has 0 amide bonds. The van der Waals surface area contributed by atoms with Gasteiger partial charge in [-0.25, -0.2) is 4.31 Å². The van der Waals surface area contributed by atoms with Crippen molar-refractivity contribution in [2.45, 2.75) is 0 Å². The average Bonchev–Trinajstić information content (AvgIpc) is 1.27. The quantitative estimate of drug-likeness (QED) is 0.576. The molecule has 0 aromatic heterocycles. The van der Waals surface area contributed by atoms with Gasteiger partial charge in [0.25, 0.3) is 0 Å². The lowest BCUT2D eigenvalue weighted by Gasteiger charge is -1.86. The summed E-state index contributed by atoms with van der Waals surface area (Å²) in [4.78, 5) is 15.4. The third-order valence-corrected chi connectivity index (χ3v) is 1.57. The molecule has 5 nitrogen and oxygen atoms in total. The van der Waals surface area contributed by atoms with E-state index in [2.05, 4.69) is 4.31 Å². The molecule has 52 valence electrons. The largest absolute Gasteiger partial charge is 0.326 e. The van der Waals surface area contributed by atoms with E-state index in [4.69, 9.17) is 9.79 Å². The van der Waals surface area contributed by atoms with Gasteiger partial charge in [0.05, 0.1) is 0 Å². The molecule has 0 aliphatic heterocycles.